The Bertz CT molecular complexity index is 583. The van der Waals surface area contributed by atoms with Crippen molar-refractivity contribution in [2.45, 2.75) is 45.4 Å². The van der Waals surface area contributed by atoms with Crippen LogP contribution in [0.5, 0.6) is 0 Å². The van der Waals surface area contributed by atoms with Gasteiger partial charge >= 0.3 is 0 Å². The lowest BCUT2D eigenvalue weighted by atomic mass is 10.0. The molecule has 1 aromatic rings. The number of hydrogen-bond donors (Lipinski definition) is 2. The van der Waals surface area contributed by atoms with E-state index in [0.717, 1.165) is 50.2 Å². The van der Waals surface area contributed by atoms with E-state index in [4.69, 9.17) is 4.74 Å². The van der Waals surface area contributed by atoms with Gasteiger partial charge in [-0.25, -0.2) is 4.98 Å². The molecule has 26 heavy (non-hydrogen) atoms. The van der Waals surface area contributed by atoms with Crippen LogP contribution >= 0.6 is 0 Å². The number of nitrogens with zero attached hydrogens (tertiary/aromatic N) is 3. The third kappa shape index (κ3) is 5.83. The molecule has 0 spiro atoms. The van der Waals surface area contributed by atoms with Crippen molar-refractivity contribution in [1.82, 2.24) is 15.3 Å². The monoisotopic (exact) mass is 361 g/mol. The first kappa shape index (κ1) is 18.9. The second-order valence-corrected chi connectivity index (χ2v) is 7.26. The molecule has 2 fully saturated rings. The Morgan fingerprint density at radius 2 is 2.00 bits per heavy atom. The zero-order chi connectivity index (χ0) is 18.2. The predicted octanol–water partition coefficient (Wildman–Crippen LogP) is 2.12. The molecular formula is C19H31N5O2. The number of rotatable bonds is 8. The smallest absolute Gasteiger partial charge is 0.224 e. The van der Waals surface area contributed by atoms with Gasteiger partial charge in [-0.2, -0.15) is 4.98 Å². The normalized spacial score (nSPS) is 18.1. The summed E-state index contributed by atoms with van der Waals surface area (Å²) in [6.07, 6.45) is 6.93. The number of morpholine rings is 1. The van der Waals surface area contributed by atoms with E-state index in [9.17, 15) is 4.79 Å². The molecule has 3 rings (SSSR count). The largest absolute Gasteiger partial charge is 0.378 e. The van der Waals surface area contributed by atoms with Crippen LogP contribution in [0.3, 0.4) is 0 Å². The lowest BCUT2D eigenvalue weighted by Gasteiger charge is -2.28. The van der Waals surface area contributed by atoms with Crippen LogP contribution in [-0.2, 0) is 9.53 Å². The van der Waals surface area contributed by atoms with Crippen molar-refractivity contribution in [3.63, 3.8) is 0 Å². The summed E-state index contributed by atoms with van der Waals surface area (Å²) in [6.45, 7) is 6.37. The highest BCUT2D eigenvalue weighted by atomic mass is 16.5. The minimum atomic E-state index is 0.151. The summed E-state index contributed by atoms with van der Waals surface area (Å²) < 4.78 is 5.39. The van der Waals surface area contributed by atoms with E-state index in [2.05, 4.69) is 25.5 Å². The van der Waals surface area contributed by atoms with Crippen LogP contribution in [0.1, 0.15) is 44.2 Å². The fourth-order valence-electron chi connectivity index (χ4n) is 3.68. The van der Waals surface area contributed by atoms with Crippen LogP contribution in [-0.4, -0.2) is 55.3 Å². The Kier molecular flexibility index (Phi) is 7.05. The van der Waals surface area contributed by atoms with Crippen LogP contribution in [0.25, 0.3) is 0 Å². The maximum absolute atomic E-state index is 11.9. The first-order valence-electron chi connectivity index (χ1n) is 9.89. The van der Waals surface area contributed by atoms with Crippen LogP contribution in [0, 0.1) is 12.8 Å². The molecule has 1 aromatic heterocycles. The fourth-order valence-corrected chi connectivity index (χ4v) is 3.68. The summed E-state index contributed by atoms with van der Waals surface area (Å²) >= 11 is 0. The Morgan fingerprint density at radius 1 is 1.23 bits per heavy atom. The highest BCUT2D eigenvalue weighted by Crippen LogP contribution is 2.28. The maximum Gasteiger partial charge on any atom is 0.224 e. The SMILES string of the molecule is Cc1cc(N2CCOCC2)nc(NCCNC(=O)CCC2CCCC2)n1. The Labute approximate surface area is 155 Å². The summed E-state index contributed by atoms with van der Waals surface area (Å²) in [7, 11) is 0. The highest BCUT2D eigenvalue weighted by Gasteiger charge is 2.16. The summed E-state index contributed by atoms with van der Waals surface area (Å²) in [5, 5.41) is 6.21. The van der Waals surface area contributed by atoms with E-state index in [0.29, 0.717) is 25.5 Å². The third-order valence-electron chi connectivity index (χ3n) is 5.16. The van der Waals surface area contributed by atoms with Crippen LogP contribution in [0.2, 0.25) is 0 Å². The third-order valence-corrected chi connectivity index (χ3v) is 5.16. The summed E-state index contributed by atoms with van der Waals surface area (Å²) in [6, 6.07) is 2.00. The van der Waals surface area contributed by atoms with E-state index in [1.54, 1.807) is 0 Å². The van der Waals surface area contributed by atoms with E-state index >= 15 is 0 Å². The van der Waals surface area contributed by atoms with Gasteiger partial charge in [0, 0.05) is 44.4 Å². The van der Waals surface area contributed by atoms with E-state index in [-0.39, 0.29) is 5.91 Å². The Morgan fingerprint density at radius 3 is 2.77 bits per heavy atom. The lowest BCUT2D eigenvalue weighted by Crippen LogP contribution is -2.37. The molecule has 1 saturated carbocycles. The van der Waals surface area contributed by atoms with Crippen molar-refractivity contribution in [3.8, 4) is 0 Å². The topological polar surface area (TPSA) is 79.4 Å². The van der Waals surface area contributed by atoms with Gasteiger partial charge in [0.1, 0.15) is 5.82 Å². The molecule has 0 atom stereocenters. The van der Waals surface area contributed by atoms with Gasteiger partial charge < -0.3 is 20.3 Å². The molecule has 7 nitrogen and oxygen atoms in total. The Hall–Kier alpha value is -1.89. The van der Waals surface area contributed by atoms with Crippen molar-refractivity contribution >= 4 is 17.7 Å². The van der Waals surface area contributed by atoms with Gasteiger partial charge in [0.25, 0.3) is 0 Å². The van der Waals surface area contributed by atoms with Crippen molar-refractivity contribution in [3.05, 3.63) is 11.8 Å². The molecule has 1 aliphatic carbocycles. The van der Waals surface area contributed by atoms with Gasteiger partial charge in [-0.1, -0.05) is 25.7 Å². The minimum Gasteiger partial charge on any atom is -0.378 e. The highest BCUT2D eigenvalue weighted by molar-refractivity contribution is 5.75. The number of nitrogens with one attached hydrogen (secondary N) is 2. The van der Waals surface area contributed by atoms with Gasteiger partial charge in [0.05, 0.1) is 13.2 Å². The minimum absolute atomic E-state index is 0.151. The van der Waals surface area contributed by atoms with Gasteiger partial charge in [-0.3, -0.25) is 4.79 Å². The van der Waals surface area contributed by atoms with Crippen molar-refractivity contribution in [2.24, 2.45) is 5.92 Å². The molecule has 2 N–H and O–H groups in total. The average Bonchev–Trinajstić information content (AvgIpc) is 3.17. The summed E-state index contributed by atoms with van der Waals surface area (Å²) in [5.41, 5.74) is 0.935. The molecule has 0 bridgehead atoms. The van der Waals surface area contributed by atoms with Crippen molar-refractivity contribution < 1.29 is 9.53 Å². The van der Waals surface area contributed by atoms with Gasteiger partial charge in [-0.15, -0.1) is 0 Å². The molecule has 7 heteroatoms. The zero-order valence-electron chi connectivity index (χ0n) is 15.8. The van der Waals surface area contributed by atoms with Crippen molar-refractivity contribution in [1.29, 1.82) is 0 Å². The first-order valence-corrected chi connectivity index (χ1v) is 9.89. The molecule has 144 valence electrons. The quantitative estimate of drug-likeness (QED) is 0.691. The van der Waals surface area contributed by atoms with E-state index in [1.165, 1.54) is 25.7 Å². The molecule has 0 unspecified atom stereocenters. The molecule has 0 radical (unpaired) electrons. The van der Waals surface area contributed by atoms with Gasteiger partial charge in [0.2, 0.25) is 11.9 Å². The maximum atomic E-state index is 11.9. The molecule has 1 amide bonds. The first-order chi connectivity index (χ1) is 12.7. The number of carbonyl (C=O) groups excluding carboxylic acids is 1. The van der Waals surface area contributed by atoms with Gasteiger partial charge in [0.15, 0.2) is 0 Å². The number of anilines is 2. The van der Waals surface area contributed by atoms with Crippen LogP contribution in [0.15, 0.2) is 6.07 Å². The average molecular weight is 361 g/mol. The molecule has 2 heterocycles. The van der Waals surface area contributed by atoms with Gasteiger partial charge in [-0.05, 0) is 19.3 Å². The van der Waals surface area contributed by atoms with E-state index in [1.807, 2.05) is 13.0 Å². The van der Waals surface area contributed by atoms with Crippen LogP contribution < -0.4 is 15.5 Å². The van der Waals surface area contributed by atoms with Crippen molar-refractivity contribution in [2.75, 3.05) is 49.6 Å². The second kappa shape index (κ2) is 9.71. The molecule has 1 saturated heterocycles. The zero-order valence-corrected chi connectivity index (χ0v) is 15.8. The second-order valence-electron chi connectivity index (χ2n) is 7.26. The standard InChI is InChI=1S/C19H31N5O2/c1-15-14-17(24-10-12-26-13-11-24)23-19(22-15)21-9-8-20-18(25)7-6-16-4-2-3-5-16/h14,16H,2-13H2,1H3,(H,20,25)(H,21,22,23). The summed E-state index contributed by atoms with van der Waals surface area (Å²) in [5.74, 6) is 2.46. The summed E-state index contributed by atoms with van der Waals surface area (Å²) in [4.78, 5) is 23.2. The number of amides is 1. The number of carbonyl (C=O) groups is 1. The lowest BCUT2D eigenvalue weighted by molar-refractivity contribution is -0.121. The molecule has 1 aliphatic heterocycles. The number of hydrogen-bond acceptors (Lipinski definition) is 6. The number of ether oxygens (including phenoxy) is 1. The fraction of sp³-hybridized carbons (Fsp3) is 0.737. The predicted molar refractivity (Wildman–Crippen MR) is 102 cm³/mol. The molecule has 0 aromatic carbocycles. The van der Waals surface area contributed by atoms with Crippen LogP contribution in [0.4, 0.5) is 11.8 Å². The van der Waals surface area contributed by atoms with E-state index < -0.39 is 0 Å². The molecular weight excluding hydrogens is 330 g/mol. The molecule has 2 aliphatic rings. The number of aromatic nitrogens is 2. The Balaban J connectivity index is 1.38. The number of aryl methyl sites for hydroxylation is 1.